The molecule has 6 heteroatoms. The van der Waals surface area contributed by atoms with Gasteiger partial charge in [0, 0.05) is 25.9 Å². The summed E-state index contributed by atoms with van der Waals surface area (Å²) in [6, 6.07) is 4.02. The molecule has 0 aliphatic heterocycles. The fourth-order valence-electron chi connectivity index (χ4n) is 2.10. The second kappa shape index (κ2) is 6.90. The molecule has 2 aromatic rings. The lowest BCUT2D eigenvalue weighted by Crippen LogP contribution is -2.31. The molecule has 0 aliphatic rings. The van der Waals surface area contributed by atoms with Gasteiger partial charge in [-0.1, -0.05) is 12.7 Å². The van der Waals surface area contributed by atoms with E-state index in [4.69, 9.17) is 9.68 Å². The van der Waals surface area contributed by atoms with Crippen molar-refractivity contribution in [2.24, 2.45) is 0 Å². The first-order chi connectivity index (χ1) is 11.0. The Labute approximate surface area is 132 Å². The van der Waals surface area contributed by atoms with Crippen LogP contribution in [0.25, 0.3) is 11.0 Å². The SMILES string of the molecule is C=C/C=C\N(C)NCc1c(C)oc2cc(C#N)c(F)cc2c1=O. The largest absolute Gasteiger partial charge is 0.461 e. The minimum Gasteiger partial charge on any atom is -0.461 e. The number of hydrazine groups is 1. The van der Waals surface area contributed by atoms with Gasteiger partial charge in [-0.05, 0) is 19.1 Å². The molecule has 0 radical (unpaired) electrons. The van der Waals surface area contributed by atoms with Crippen LogP contribution >= 0.6 is 0 Å². The van der Waals surface area contributed by atoms with Crippen LogP contribution in [0.15, 0.2) is 46.3 Å². The van der Waals surface area contributed by atoms with Gasteiger partial charge < -0.3 is 9.43 Å². The van der Waals surface area contributed by atoms with E-state index in [0.717, 1.165) is 6.07 Å². The molecular formula is C17H16FN3O2. The molecule has 1 heterocycles. The molecule has 0 amide bonds. The highest BCUT2D eigenvalue weighted by molar-refractivity contribution is 5.79. The van der Waals surface area contributed by atoms with Crippen molar-refractivity contribution in [3.8, 4) is 6.07 Å². The lowest BCUT2D eigenvalue weighted by molar-refractivity contribution is 0.320. The van der Waals surface area contributed by atoms with Crippen LogP contribution in [-0.4, -0.2) is 12.1 Å². The minimum atomic E-state index is -0.735. The average Bonchev–Trinajstić information content (AvgIpc) is 2.53. The molecule has 118 valence electrons. The Morgan fingerprint density at radius 3 is 2.91 bits per heavy atom. The van der Waals surface area contributed by atoms with Gasteiger partial charge in [-0.3, -0.25) is 4.79 Å². The van der Waals surface area contributed by atoms with E-state index in [9.17, 15) is 9.18 Å². The van der Waals surface area contributed by atoms with Gasteiger partial charge in [0.05, 0.1) is 16.5 Å². The number of nitriles is 1. The molecule has 2 rings (SSSR count). The maximum atomic E-state index is 13.7. The second-order valence-electron chi connectivity index (χ2n) is 4.93. The first kappa shape index (κ1) is 16.5. The first-order valence-electron chi connectivity index (χ1n) is 6.89. The van der Waals surface area contributed by atoms with E-state index in [1.807, 2.05) is 0 Å². The number of hydrogen-bond acceptors (Lipinski definition) is 5. The van der Waals surface area contributed by atoms with E-state index < -0.39 is 5.82 Å². The zero-order chi connectivity index (χ0) is 17.0. The smallest absolute Gasteiger partial charge is 0.197 e. The van der Waals surface area contributed by atoms with Crippen LogP contribution in [0, 0.1) is 24.1 Å². The van der Waals surface area contributed by atoms with Gasteiger partial charge in [-0.2, -0.15) is 5.26 Å². The van der Waals surface area contributed by atoms with Crippen molar-refractivity contribution in [3.63, 3.8) is 0 Å². The Morgan fingerprint density at radius 2 is 2.26 bits per heavy atom. The van der Waals surface area contributed by atoms with Crippen LogP contribution in [0.4, 0.5) is 4.39 Å². The minimum absolute atomic E-state index is 0.119. The van der Waals surface area contributed by atoms with E-state index in [0.29, 0.717) is 11.3 Å². The molecule has 1 N–H and O–H groups in total. The molecule has 0 aliphatic carbocycles. The van der Waals surface area contributed by atoms with Crippen LogP contribution in [0.5, 0.6) is 0 Å². The van der Waals surface area contributed by atoms with E-state index in [2.05, 4.69) is 12.0 Å². The van der Waals surface area contributed by atoms with Gasteiger partial charge in [0.2, 0.25) is 0 Å². The average molecular weight is 313 g/mol. The molecule has 0 unspecified atom stereocenters. The van der Waals surface area contributed by atoms with Crippen molar-refractivity contribution in [3.05, 3.63) is 70.0 Å². The van der Waals surface area contributed by atoms with E-state index in [1.165, 1.54) is 6.07 Å². The Bertz CT molecular complexity index is 878. The lowest BCUT2D eigenvalue weighted by atomic mass is 10.1. The van der Waals surface area contributed by atoms with Gasteiger partial charge in [-0.25, -0.2) is 9.82 Å². The summed E-state index contributed by atoms with van der Waals surface area (Å²) in [6.45, 7) is 5.46. The van der Waals surface area contributed by atoms with Gasteiger partial charge in [0.1, 0.15) is 23.2 Å². The summed E-state index contributed by atoms with van der Waals surface area (Å²) in [5, 5.41) is 10.6. The fourth-order valence-corrected chi connectivity index (χ4v) is 2.10. The van der Waals surface area contributed by atoms with Crippen molar-refractivity contribution in [1.82, 2.24) is 10.4 Å². The maximum absolute atomic E-state index is 13.7. The summed E-state index contributed by atoms with van der Waals surface area (Å²) in [6.07, 6.45) is 5.11. The molecule has 5 nitrogen and oxygen atoms in total. The number of nitrogens with one attached hydrogen (secondary N) is 1. The first-order valence-corrected chi connectivity index (χ1v) is 6.89. The van der Waals surface area contributed by atoms with E-state index >= 15 is 0 Å². The normalized spacial score (nSPS) is 10.9. The van der Waals surface area contributed by atoms with Gasteiger partial charge in [0.25, 0.3) is 0 Å². The predicted octanol–water partition coefficient (Wildman–Crippen LogP) is 2.75. The van der Waals surface area contributed by atoms with E-state index in [1.54, 1.807) is 43.4 Å². The van der Waals surface area contributed by atoms with Crippen LogP contribution in [0.2, 0.25) is 0 Å². The van der Waals surface area contributed by atoms with Crippen molar-refractivity contribution < 1.29 is 8.81 Å². The summed E-state index contributed by atoms with van der Waals surface area (Å²) in [5.41, 5.74) is 3.14. The number of hydrogen-bond donors (Lipinski definition) is 1. The summed E-state index contributed by atoms with van der Waals surface area (Å²) in [4.78, 5) is 12.5. The molecule has 23 heavy (non-hydrogen) atoms. The number of allylic oxidation sites excluding steroid dienone is 2. The third-order valence-corrected chi connectivity index (χ3v) is 3.35. The van der Waals surface area contributed by atoms with Crippen LogP contribution < -0.4 is 10.9 Å². The van der Waals surface area contributed by atoms with E-state index in [-0.39, 0.29) is 28.5 Å². The van der Waals surface area contributed by atoms with Crippen LogP contribution in [0.1, 0.15) is 16.9 Å². The number of fused-ring (bicyclic) bond motifs is 1. The zero-order valence-electron chi connectivity index (χ0n) is 12.9. The van der Waals surface area contributed by atoms with Gasteiger partial charge in [-0.15, -0.1) is 0 Å². The predicted molar refractivity (Wildman–Crippen MR) is 85.8 cm³/mol. The summed E-state index contributed by atoms with van der Waals surface area (Å²) < 4.78 is 19.3. The molecule has 0 atom stereocenters. The summed E-state index contributed by atoms with van der Waals surface area (Å²) >= 11 is 0. The number of benzene rings is 1. The fraction of sp³-hybridized carbons (Fsp3) is 0.176. The standard InChI is InChI=1S/C17H16FN3O2/c1-4-5-6-21(3)20-10-14-11(2)23-16-7-12(9-19)15(18)8-13(16)17(14)22/h4-8,20H,1,10H2,2-3H3/b6-5-. The van der Waals surface area contributed by atoms with Gasteiger partial charge >= 0.3 is 0 Å². The molecule has 0 spiro atoms. The number of halogens is 1. The highest BCUT2D eigenvalue weighted by Gasteiger charge is 2.14. The topological polar surface area (TPSA) is 69.3 Å². The van der Waals surface area contributed by atoms with Crippen molar-refractivity contribution in [1.29, 1.82) is 5.26 Å². The van der Waals surface area contributed by atoms with Crippen LogP contribution in [0.3, 0.4) is 0 Å². The molecular weight excluding hydrogens is 297 g/mol. The molecule has 1 aromatic heterocycles. The van der Waals surface area contributed by atoms with Crippen LogP contribution in [-0.2, 0) is 6.54 Å². The quantitative estimate of drug-likeness (QED) is 0.679. The van der Waals surface area contributed by atoms with Crippen molar-refractivity contribution in [2.75, 3.05) is 7.05 Å². The van der Waals surface area contributed by atoms with Crippen molar-refractivity contribution >= 4 is 11.0 Å². The van der Waals surface area contributed by atoms with Crippen molar-refractivity contribution in [2.45, 2.75) is 13.5 Å². The molecule has 0 saturated carbocycles. The monoisotopic (exact) mass is 313 g/mol. The third-order valence-electron chi connectivity index (χ3n) is 3.35. The molecule has 0 saturated heterocycles. The third kappa shape index (κ3) is 3.47. The molecule has 0 fully saturated rings. The zero-order valence-corrected chi connectivity index (χ0v) is 12.9. The number of rotatable bonds is 5. The highest BCUT2D eigenvalue weighted by atomic mass is 19.1. The Kier molecular flexibility index (Phi) is 4.94. The molecule has 0 bridgehead atoms. The molecule has 1 aromatic carbocycles. The highest BCUT2D eigenvalue weighted by Crippen LogP contribution is 2.19. The number of aryl methyl sites for hydroxylation is 1. The Morgan fingerprint density at radius 1 is 1.52 bits per heavy atom. The lowest BCUT2D eigenvalue weighted by Gasteiger charge is -2.16. The summed E-state index contributed by atoms with van der Waals surface area (Å²) in [5.74, 6) is -0.312. The second-order valence-corrected chi connectivity index (χ2v) is 4.93. The Balaban J connectivity index is 2.42. The Hall–Kier alpha value is -2.91. The summed E-state index contributed by atoms with van der Waals surface area (Å²) in [7, 11) is 1.77. The maximum Gasteiger partial charge on any atom is 0.197 e. The van der Waals surface area contributed by atoms with Gasteiger partial charge in [0.15, 0.2) is 5.43 Å². The number of nitrogens with zero attached hydrogens (tertiary/aromatic N) is 2.